The quantitative estimate of drug-likeness (QED) is 0.654. The van der Waals surface area contributed by atoms with Crippen molar-refractivity contribution in [3.63, 3.8) is 0 Å². The highest BCUT2D eigenvalue weighted by molar-refractivity contribution is 5.97. The molecule has 0 radical (unpaired) electrons. The van der Waals surface area contributed by atoms with E-state index in [-0.39, 0.29) is 5.84 Å². The van der Waals surface area contributed by atoms with Crippen LogP contribution in [0.1, 0.15) is 22.3 Å². The van der Waals surface area contributed by atoms with Gasteiger partial charge in [0, 0.05) is 0 Å². The van der Waals surface area contributed by atoms with Crippen molar-refractivity contribution < 1.29 is 9.47 Å². The zero-order valence-corrected chi connectivity index (χ0v) is 12.6. The van der Waals surface area contributed by atoms with E-state index in [0.29, 0.717) is 17.9 Å². The minimum Gasteiger partial charge on any atom is -0.496 e. The molecule has 0 heterocycles. The van der Waals surface area contributed by atoms with Crippen molar-refractivity contribution in [3.8, 4) is 11.5 Å². The molecule has 21 heavy (non-hydrogen) atoms. The average molecular weight is 284 g/mol. The Morgan fingerprint density at radius 1 is 1.10 bits per heavy atom. The molecule has 2 aromatic carbocycles. The summed E-state index contributed by atoms with van der Waals surface area (Å²) >= 11 is 0. The van der Waals surface area contributed by atoms with Crippen LogP contribution < -0.4 is 15.2 Å². The summed E-state index contributed by atoms with van der Waals surface area (Å²) in [5.74, 6) is 1.42. The number of amidine groups is 1. The Kier molecular flexibility index (Phi) is 4.48. The van der Waals surface area contributed by atoms with Crippen LogP contribution in [0.15, 0.2) is 36.4 Å². The smallest absolute Gasteiger partial charge is 0.129 e. The number of rotatable bonds is 5. The lowest BCUT2D eigenvalue weighted by Crippen LogP contribution is -2.13. The number of aryl methyl sites for hydroxylation is 2. The van der Waals surface area contributed by atoms with Gasteiger partial charge in [0.1, 0.15) is 23.9 Å². The van der Waals surface area contributed by atoms with Gasteiger partial charge in [-0.05, 0) is 54.8 Å². The molecule has 0 saturated heterocycles. The molecular weight excluding hydrogens is 264 g/mol. The van der Waals surface area contributed by atoms with E-state index in [1.165, 1.54) is 11.1 Å². The molecule has 0 aliphatic rings. The van der Waals surface area contributed by atoms with E-state index >= 15 is 0 Å². The summed E-state index contributed by atoms with van der Waals surface area (Å²) in [5, 5.41) is 7.59. The monoisotopic (exact) mass is 284 g/mol. The Labute approximate surface area is 125 Å². The predicted molar refractivity (Wildman–Crippen MR) is 84.3 cm³/mol. The van der Waals surface area contributed by atoms with Crippen LogP contribution in [-0.2, 0) is 6.61 Å². The van der Waals surface area contributed by atoms with Crippen LogP contribution >= 0.6 is 0 Å². The normalized spacial score (nSPS) is 10.2. The minimum atomic E-state index is -0.0138. The fourth-order valence-corrected chi connectivity index (χ4v) is 2.24. The van der Waals surface area contributed by atoms with Gasteiger partial charge in [0.15, 0.2) is 0 Å². The number of nitrogen functional groups attached to an aromatic ring is 1. The van der Waals surface area contributed by atoms with Crippen LogP contribution in [0, 0.1) is 19.3 Å². The first-order valence-electron chi connectivity index (χ1n) is 6.72. The molecule has 0 amide bonds. The Hall–Kier alpha value is -2.49. The van der Waals surface area contributed by atoms with Gasteiger partial charge < -0.3 is 15.2 Å². The van der Waals surface area contributed by atoms with Crippen LogP contribution in [0.2, 0.25) is 0 Å². The number of methoxy groups -OCH3 is 1. The largest absolute Gasteiger partial charge is 0.496 e. The van der Waals surface area contributed by atoms with Crippen molar-refractivity contribution >= 4 is 5.84 Å². The molecular formula is C17H20N2O2. The van der Waals surface area contributed by atoms with E-state index in [2.05, 4.69) is 6.07 Å². The van der Waals surface area contributed by atoms with E-state index in [0.717, 1.165) is 11.3 Å². The molecule has 0 aromatic heterocycles. The summed E-state index contributed by atoms with van der Waals surface area (Å²) in [6.45, 7) is 4.51. The van der Waals surface area contributed by atoms with E-state index in [4.69, 9.17) is 20.6 Å². The predicted octanol–water partition coefficient (Wildman–Crippen LogP) is 3.18. The molecule has 0 atom stereocenters. The second-order valence-electron chi connectivity index (χ2n) is 5.06. The van der Waals surface area contributed by atoms with E-state index in [1.54, 1.807) is 13.2 Å². The van der Waals surface area contributed by atoms with Crippen molar-refractivity contribution in [2.75, 3.05) is 7.11 Å². The fourth-order valence-electron chi connectivity index (χ4n) is 2.24. The van der Waals surface area contributed by atoms with Crippen molar-refractivity contribution in [2.45, 2.75) is 20.5 Å². The molecule has 0 unspecified atom stereocenters. The highest BCUT2D eigenvalue weighted by atomic mass is 16.5. The molecule has 0 aliphatic carbocycles. The highest BCUT2D eigenvalue weighted by Gasteiger charge is 2.08. The second kappa shape index (κ2) is 6.31. The maximum absolute atomic E-state index is 7.59. The van der Waals surface area contributed by atoms with E-state index < -0.39 is 0 Å². The standard InChI is InChI=1S/C17H20N2O2/c1-11-6-12(2)8-14(7-11)21-10-13-4-5-16(20-3)15(9-13)17(18)19/h4-9H,10H2,1-3H3,(H3,18,19). The zero-order valence-electron chi connectivity index (χ0n) is 12.6. The van der Waals surface area contributed by atoms with Crippen LogP contribution in [0.3, 0.4) is 0 Å². The molecule has 4 heteroatoms. The van der Waals surface area contributed by atoms with Crippen molar-refractivity contribution in [1.82, 2.24) is 0 Å². The minimum absolute atomic E-state index is 0.0138. The topological polar surface area (TPSA) is 68.3 Å². The summed E-state index contributed by atoms with van der Waals surface area (Å²) in [4.78, 5) is 0. The Morgan fingerprint density at radius 3 is 2.33 bits per heavy atom. The maximum Gasteiger partial charge on any atom is 0.129 e. The molecule has 0 spiro atoms. The van der Waals surface area contributed by atoms with Gasteiger partial charge in [-0.3, -0.25) is 5.41 Å². The zero-order chi connectivity index (χ0) is 15.4. The Morgan fingerprint density at radius 2 is 1.76 bits per heavy atom. The molecule has 3 N–H and O–H groups in total. The van der Waals surface area contributed by atoms with Crippen LogP contribution in [-0.4, -0.2) is 12.9 Å². The Bertz CT molecular complexity index is 646. The summed E-state index contributed by atoms with van der Waals surface area (Å²) in [6, 6.07) is 11.6. The molecule has 0 bridgehead atoms. The number of hydrogen-bond acceptors (Lipinski definition) is 3. The third kappa shape index (κ3) is 3.75. The fraction of sp³-hybridized carbons (Fsp3) is 0.235. The van der Waals surface area contributed by atoms with Gasteiger partial charge in [0.05, 0.1) is 12.7 Å². The number of nitrogens with two attached hydrogens (primary N) is 1. The summed E-state index contributed by atoms with van der Waals surface area (Å²) < 4.78 is 11.0. The summed E-state index contributed by atoms with van der Waals surface area (Å²) in [7, 11) is 1.56. The summed E-state index contributed by atoms with van der Waals surface area (Å²) in [5.41, 5.74) is 9.44. The molecule has 0 aliphatic heterocycles. The maximum atomic E-state index is 7.59. The molecule has 2 aromatic rings. The Balaban J connectivity index is 2.16. The van der Waals surface area contributed by atoms with E-state index in [1.807, 2.05) is 38.1 Å². The summed E-state index contributed by atoms with van der Waals surface area (Å²) in [6.07, 6.45) is 0. The third-order valence-corrected chi connectivity index (χ3v) is 3.15. The van der Waals surface area contributed by atoms with E-state index in [9.17, 15) is 0 Å². The molecule has 0 saturated carbocycles. The van der Waals surface area contributed by atoms with Crippen LogP contribution in [0.5, 0.6) is 11.5 Å². The first-order chi connectivity index (χ1) is 9.99. The van der Waals surface area contributed by atoms with Crippen molar-refractivity contribution in [1.29, 1.82) is 5.41 Å². The van der Waals surface area contributed by atoms with Gasteiger partial charge in [0.2, 0.25) is 0 Å². The third-order valence-electron chi connectivity index (χ3n) is 3.15. The van der Waals surface area contributed by atoms with Gasteiger partial charge in [-0.1, -0.05) is 12.1 Å². The molecule has 110 valence electrons. The van der Waals surface area contributed by atoms with Gasteiger partial charge in [-0.25, -0.2) is 0 Å². The number of ether oxygens (including phenoxy) is 2. The van der Waals surface area contributed by atoms with Crippen molar-refractivity contribution in [2.24, 2.45) is 5.73 Å². The number of hydrogen-bond donors (Lipinski definition) is 2. The first kappa shape index (κ1) is 14.9. The molecule has 4 nitrogen and oxygen atoms in total. The van der Waals surface area contributed by atoms with Gasteiger partial charge in [0.25, 0.3) is 0 Å². The van der Waals surface area contributed by atoms with Gasteiger partial charge in [-0.2, -0.15) is 0 Å². The second-order valence-corrected chi connectivity index (χ2v) is 5.06. The number of benzene rings is 2. The lowest BCUT2D eigenvalue weighted by Gasteiger charge is -2.11. The highest BCUT2D eigenvalue weighted by Crippen LogP contribution is 2.21. The van der Waals surface area contributed by atoms with Crippen LogP contribution in [0.4, 0.5) is 0 Å². The lowest BCUT2D eigenvalue weighted by atomic mass is 10.1. The molecule has 2 rings (SSSR count). The molecule has 0 fully saturated rings. The van der Waals surface area contributed by atoms with Crippen molar-refractivity contribution in [3.05, 3.63) is 58.7 Å². The SMILES string of the molecule is COc1ccc(COc2cc(C)cc(C)c2)cc1C(=N)N. The van der Waals surface area contributed by atoms with Gasteiger partial charge >= 0.3 is 0 Å². The average Bonchev–Trinajstić information content (AvgIpc) is 2.43. The van der Waals surface area contributed by atoms with Crippen LogP contribution in [0.25, 0.3) is 0 Å². The van der Waals surface area contributed by atoms with Gasteiger partial charge in [-0.15, -0.1) is 0 Å². The lowest BCUT2D eigenvalue weighted by molar-refractivity contribution is 0.305. The first-order valence-corrected chi connectivity index (χ1v) is 6.72. The number of nitrogens with one attached hydrogen (secondary N) is 1.